The number of rotatable bonds is 4. The number of carbonyl (C=O) groups excluding carboxylic acids is 1. The van der Waals surface area contributed by atoms with Gasteiger partial charge in [-0.25, -0.2) is 0 Å². The lowest BCUT2D eigenvalue weighted by atomic mass is 9.84. The zero-order valence-corrected chi connectivity index (χ0v) is 18.9. The third-order valence-electron chi connectivity index (χ3n) is 7.15. The number of hydrogen-bond acceptors (Lipinski definition) is 4. The van der Waals surface area contributed by atoms with Gasteiger partial charge in [-0.1, -0.05) is 19.9 Å². The first-order chi connectivity index (χ1) is 15.0. The highest BCUT2D eigenvalue weighted by Gasteiger charge is 2.33. The van der Waals surface area contributed by atoms with E-state index in [4.69, 9.17) is 0 Å². The summed E-state index contributed by atoms with van der Waals surface area (Å²) in [5.74, 6) is 0.185. The van der Waals surface area contributed by atoms with Crippen LogP contribution in [0.5, 0.6) is 0 Å². The molecule has 1 aromatic carbocycles. The second-order valence-electron chi connectivity index (χ2n) is 10.3. The van der Waals surface area contributed by atoms with Gasteiger partial charge in [0.25, 0.3) is 5.91 Å². The number of benzene rings is 1. The van der Waals surface area contributed by atoms with E-state index in [2.05, 4.69) is 58.2 Å². The molecule has 2 aromatic rings. The Morgan fingerprint density at radius 2 is 2.10 bits per heavy atom. The molecule has 3 aliphatic rings. The summed E-state index contributed by atoms with van der Waals surface area (Å²) < 4.78 is 0. The van der Waals surface area contributed by atoms with Crippen molar-refractivity contribution in [3.05, 3.63) is 53.2 Å². The summed E-state index contributed by atoms with van der Waals surface area (Å²) in [7, 11) is 0. The Balaban J connectivity index is 1.33. The maximum Gasteiger partial charge on any atom is 0.254 e. The topological polar surface area (TPSA) is 48.5 Å². The molecule has 164 valence electrons. The predicted octanol–water partition coefficient (Wildman–Crippen LogP) is 4.08. The third kappa shape index (κ3) is 4.39. The van der Waals surface area contributed by atoms with Crippen molar-refractivity contribution >= 4 is 5.91 Å². The van der Waals surface area contributed by atoms with E-state index in [0.717, 1.165) is 67.9 Å². The highest BCUT2D eigenvalue weighted by molar-refractivity contribution is 5.99. The Bertz CT molecular complexity index is 964. The number of piperidine rings is 2. The molecule has 1 unspecified atom stereocenters. The fourth-order valence-electron chi connectivity index (χ4n) is 5.57. The lowest BCUT2D eigenvalue weighted by Gasteiger charge is -2.38. The molecule has 0 saturated carbocycles. The Hall–Kier alpha value is -2.24. The predicted molar refractivity (Wildman–Crippen MR) is 124 cm³/mol. The molecule has 1 atom stereocenters. The van der Waals surface area contributed by atoms with Crippen molar-refractivity contribution in [2.45, 2.75) is 58.7 Å². The van der Waals surface area contributed by atoms with E-state index in [9.17, 15) is 4.79 Å². The van der Waals surface area contributed by atoms with Crippen LogP contribution in [-0.2, 0) is 13.1 Å². The lowest BCUT2D eigenvalue weighted by molar-refractivity contribution is 0.0674. The number of nitrogens with one attached hydrogen (secondary N) is 1. The van der Waals surface area contributed by atoms with Crippen LogP contribution >= 0.6 is 0 Å². The molecule has 3 aliphatic heterocycles. The number of hydrogen-bond donors (Lipinski definition) is 1. The van der Waals surface area contributed by atoms with Crippen molar-refractivity contribution in [2.24, 2.45) is 5.41 Å². The molecule has 0 aliphatic carbocycles. The molecule has 5 rings (SSSR count). The number of amides is 1. The highest BCUT2D eigenvalue weighted by Crippen LogP contribution is 2.32. The molecular formula is C26H34N4O. The van der Waals surface area contributed by atoms with Crippen molar-refractivity contribution in [1.29, 1.82) is 0 Å². The Kier molecular flexibility index (Phi) is 5.57. The molecule has 1 aromatic heterocycles. The molecule has 0 spiro atoms. The zero-order chi connectivity index (χ0) is 21.4. The minimum absolute atomic E-state index is 0.185. The quantitative estimate of drug-likeness (QED) is 0.813. The number of aromatic nitrogens is 1. The van der Waals surface area contributed by atoms with E-state index in [1.165, 1.54) is 24.9 Å². The second kappa shape index (κ2) is 8.36. The number of fused-ring (bicyclic) bond motifs is 1. The van der Waals surface area contributed by atoms with Gasteiger partial charge in [0, 0.05) is 49.5 Å². The maximum absolute atomic E-state index is 12.9. The fourth-order valence-corrected chi connectivity index (χ4v) is 5.57. The van der Waals surface area contributed by atoms with Gasteiger partial charge in [-0.15, -0.1) is 0 Å². The van der Waals surface area contributed by atoms with Crippen molar-refractivity contribution in [3.8, 4) is 11.3 Å². The van der Waals surface area contributed by atoms with E-state index >= 15 is 0 Å². The van der Waals surface area contributed by atoms with Gasteiger partial charge >= 0.3 is 0 Å². The molecule has 1 N–H and O–H groups in total. The van der Waals surface area contributed by atoms with Crippen molar-refractivity contribution in [3.63, 3.8) is 0 Å². The fraction of sp³-hybridized carbons (Fsp3) is 0.538. The summed E-state index contributed by atoms with van der Waals surface area (Å²) in [4.78, 5) is 22.2. The normalized spacial score (nSPS) is 23.7. The molecule has 5 nitrogen and oxygen atoms in total. The highest BCUT2D eigenvalue weighted by atomic mass is 16.2. The van der Waals surface area contributed by atoms with Crippen LogP contribution in [-0.4, -0.2) is 52.9 Å². The summed E-state index contributed by atoms with van der Waals surface area (Å²) in [5.41, 5.74) is 5.83. The van der Waals surface area contributed by atoms with Gasteiger partial charge in [-0.2, -0.15) is 0 Å². The van der Waals surface area contributed by atoms with Crippen LogP contribution < -0.4 is 5.32 Å². The lowest BCUT2D eigenvalue weighted by Crippen LogP contribution is -2.46. The number of nitrogens with zero attached hydrogens (tertiary/aromatic N) is 3. The van der Waals surface area contributed by atoms with Crippen LogP contribution in [0, 0.1) is 5.41 Å². The number of pyridine rings is 1. The molecule has 0 bridgehead atoms. The van der Waals surface area contributed by atoms with Gasteiger partial charge in [0.15, 0.2) is 0 Å². The van der Waals surface area contributed by atoms with E-state index in [1.54, 1.807) is 0 Å². The smallest absolute Gasteiger partial charge is 0.254 e. The third-order valence-corrected chi connectivity index (χ3v) is 7.15. The van der Waals surface area contributed by atoms with Gasteiger partial charge in [0.2, 0.25) is 0 Å². The van der Waals surface area contributed by atoms with Gasteiger partial charge < -0.3 is 10.2 Å². The van der Waals surface area contributed by atoms with Gasteiger partial charge in [-0.05, 0) is 79.6 Å². The summed E-state index contributed by atoms with van der Waals surface area (Å²) in [6.45, 7) is 10.7. The van der Waals surface area contributed by atoms with Crippen LogP contribution in [0.3, 0.4) is 0 Å². The van der Waals surface area contributed by atoms with Gasteiger partial charge in [0.1, 0.15) is 0 Å². The maximum atomic E-state index is 12.9. The number of carbonyl (C=O) groups is 1. The van der Waals surface area contributed by atoms with Gasteiger partial charge in [0.05, 0.1) is 5.69 Å². The molecule has 5 heteroatoms. The molecular weight excluding hydrogens is 384 g/mol. The summed E-state index contributed by atoms with van der Waals surface area (Å²) in [5, 5.41) is 3.43. The first kappa shape index (κ1) is 20.7. The Morgan fingerprint density at radius 1 is 1.19 bits per heavy atom. The summed E-state index contributed by atoms with van der Waals surface area (Å²) in [6.07, 6.45) is 6.75. The molecule has 31 heavy (non-hydrogen) atoms. The van der Waals surface area contributed by atoms with Crippen LogP contribution in [0.1, 0.15) is 61.0 Å². The molecule has 2 saturated heterocycles. The van der Waals surface area contributed by atoms with E-state index in [0.29, 0.717) is 11.5 Å². The van der Waals surface area contributed by atoms with Crippen LogP contribution in [0.2, 0.25) is 0 Å². The summed E-state index contributed by atoms with van der Waals surface area (Å²) >= 11 is 0. The minimum atomic E-state index is 0.185. The van der Waals surface area contributed by atoms with Crippen molar-refractivity contribution < 1.29 is 4.79 Å². The van der Waals surface area contributed by atoms with Crippen molar-refractivity contribution in [1.82, 2.24) is 20.1 Å². The SMILES string of the molecule is CC1(C)CCCN(Cc2ccnc(-c3ccc4c(c3)CN(C3CCCNC3)C4=O)c2)C1. The van der Waals surface area contributed by atoms with Crippen LogP contribution in [0.4, 0.5) is 0 Å². The molecule has 2 fully saturated rings. The monoisotopic (exact) mass is 418 g/mol. The average Bonchev–Trinajstić information content (AvgIpc) is 3.10. The van der Waals surface area contributed by atoms with Crippen LogP contribution in [0.15, 0.2) is 36.5 Å². The molecule has 1 amide bonds. The Morgan fingerprint density at radius 3 is 2.90 bits per heavy atom. The average molecular weight is 419 g/mol. The molecule has 4 heterocycles. The summed E-state index contributed by atoms with van der Waals surface area (Å²) in [6, 6.07) is 10.9. The molecule has 0 radical (unpaired) electrons. The van der Waals surface area contributed by atoms with Crippen LogP contribution in [0.25, 0.3) is 11.3 Å². The van der Waals surface area contributed by atoms with Crippen molar-refractivity contribution in [2.75, 3.05) is 26.2 Å². The minimum Gasteiger partial charge on any atom is -0.330 e. The van der Waals surface area contributed by atoms with E-state index < -0.39 is 0 Å². The largest absolute Gasteiger partial charge is 0.330 e. The standard InChI is InChI=1S/C26H34N4O/c1-26(2)9-4-12-29(18-26)16-19-8-11-28-24(13-19)20-6-7-23-21(14-20)17-30(25(23)31)22-5-3-10-27-15-22/h6-8,11,13-14,22,27H,3-5,9-10,12,15-18H2,1-2H3. The van der Waals surface area contributed by atoms with Gasteiger partial charge in [-0.3, -0.25) is 14.7 Å². The zero-order valence-electron chi connectivity index (χ0n) is 18.9. The number of likely N-dealkylation sites (tertiary alicyclic amines) is 1. The Labute approximate surface area is 185 Å². The second-order valence-corrected chi connectivity index (χ2v) is 10.3. The van der Waals surface area contributed by atoms with E-state index in [1.807, 2.05) is 12.3 Å². The first-order valence-corrected chi connectivity index (χ1v) is 11.8. The first-order valence-electron chi connectivity index (χ1n) is 11.8. The van der Waals surface area contributed by atoms with E-state index in [-0.39, 0.29) is 5.91 Å².